The lowest BCUT2D eigenvalue weighted by atomic mass is 10.2. The average Bonchev–Trinajstić information content (AvgIpc) is 3.53. The Hall–Kier alpha value is -3.06. The Morgan fingerprint density at radius 3 is 2.31 bits per heavy atom. The molecule has 2 amide bonds. The highest BCUT2D eigenvalue weighted by Crippen LogP contribution is 2.43. The third kappa shape index (κ3) is 8.23. The molecule has 0 aromatic heterocycles. The number of carbonyl (C=O) groups is 2. The van der Waals surface area contributed by atoms with E-state index in [0.29, 0.717) is 37.0 Å². The smallest absolute Gasteiger partial charge is 0.269 e. The van der Waals surface area contributed by atoms with Gasteiger partial charge >= 0.3 is 0 Å². The highest BCUT2D eigenvalue weighted by atomic mass is 16.5. The van der Waals surface area contributed by atoms with Crippen molar-refractivity contribution in [1.29, 1.82) is 0 Å². The van der Waals surface area contributed by atoms with Crippen LogP contribution in [0.5, 0.6) is 11.5 Å². The molecule has 1 fully saturated rings. The van der Waals surface area contributed by atoms with Gasteiger partial charge in [0.2, 0.25) is 5.91 Å². The monoisotopic (exact) mass is 439 g/mol. The number of carbonyl (C=O) groups excluding carboxylic acids is 2. The molecule has 0 unspecified atom stereocenters. The van der Waals surface area contributed by atoms with Crippen molar-refractivity contribution in [3.63, 3.8) is 0 Å². The summed E-state index contributed by atoms with van der Waals surface area (Å²) >= 11 is 0. The molecule has 1 saturated carbocycles. The van der Waals surface area contributed by atoms with Crippen LogP contribution >= 0.6 is 0 Å². The average molecular weight is 440 g/mol. The number of nitrogens with zero attached hydrogens (tertiary/aromatic N) is 1. The first-order valence-corrected chi connectivity index (χ1v) is 11.2. The Labute approximate surface area is 190 Å². The Bertz CT molecular complexity index is 855. The zero-order chi connectivity index (χ0) is 22.8. The predicted molar refractivity (Wildman–Crippen MR) is 123 cm³/mol. The number of benzene rings is 2. The van der Waals surface area contributed by atoms with Crippen molar-refractivity contribution in [2.75, 3.05) is 33.9 Å². The number of hydrazine groups is 1. The molecule has 32 heavy (non-hydrogen) atoms. The van der Waals surface area contributed by atoms with Crippen molar-refractivity contribution < 1.29 is 19.1 Å². The van der Waals surface area contributed by atoms with Crippen LogP contribution in [0.2, 0.25) is 0 Å². The van der Waals surface area contributed by atoms with E-state index in [2.05, 4.69) is 15.8 Å². The van der Waals surface area contributed by atoms with Gasteiger partial charge in [-0.3, -0.25) is 20.4 Å². The zero-order valence-electron chi connectivity index (χ0n) is 18.9. The van der Waals surface area contributed by atoms with Crippen molar-refractivity contribution in [2.24, 2.45) is 11.8 Å². The molecule has 0 saturated heterocycles. The minimum atomic E-state index is -0.346. The van der Waals surface area contributed by atoms with Gasteiger partial charge in [0.25, 0.3) is 5.91 Å². The largest absolute Gasteiger partial charge is 0.494 e. The van der Waals surface area contributed by atoms with Crippen LogP contribution in [0.3, 0.4) is 0 Å². The summed E-state index contributed by atoms with van der Waals surface area (Å²) in [5.41, 5.74) is 5.47. The number of ether oxygens (including phenoxy) is 2. The van der Waals surface area contributed by atoms with Crippen LogP contribution in [-0.4, -0.2) is 50.6 Å². The first kappa shape index (κ1) is 23.6. The molecule has 2 aromatic carbocycles. The number of amides is 2. The summed E-state index contributed by atoms with van der Waals surface area (Å²) in [5, 5.41) is 0. The summed E-state index contributed by atoms with van der Waals surface area (Å²) < 4.78 is 11.4. The van der Waals surface area contributed by atoms with Gasteiger partial charge in [-0.25, -0.2) is 0 Å². The van der Waals surface area contributed by atoms with Gasteiger partial charge in [0.05, 0.1) is 13.2 Å². The van der Waals surface area contributed by atoms with E-state index in [1.807, 2.05) is 44.4 Å². The van der Waals surface area contributed by atoms with Gasteiger partial charge in [0, 0.05) is 18.5 Å². The fourth-order valence-corrected chi connectivity index (χ4v) is 3.52. The minimum absolute atomic E-state index is 0.171. The van der Waals surface area contributed by atoms with Gasteiger partial charge in [0.1, 0.15) is 11.5 Å². The van der Waals surface area contributed by atoms with E-state index >= 15 is 0 Å². The molecule has 0 spiro atoms. The van der Waals surface area contributed by atoms with Gasteiger partial charge in [0.15, 0.2) is 0 Å². The topological polar surface area (TPSA) is 79.9 Å². The highest BCUT2D eigenvalue weighted by Gasteiger charge is 2.38. The number of para-hydroxylation sites is 1. The molecule has 0 radical (unpaired) electrons. The fourth-order valence-electron chi connectivity index (χ4n) is 3.52. The maximum atomic E-state index is 12.2. The van der Waals surface area contributed by atoms with Crippen molar-refractivity contribution in [1.82, 2.24) is 15.8 Å². The van der Waals surface area contributed by atoms with Crippen molar-refractivity contribution >= 4 is 11.8 Å². The zero-order valence-corrected chi connectivity index (χ0v) is 18.9. The molecule has 7 nitrogen and oxygen atoms in total. The maximum absolute atomic E-state index is 12.2. The SMILES string of the molecule is CN(C)CCCOc1ccc(C(=O)NNC(=O)C[C@@H]2C[C@H]2CCOc2ccccc2)cc1. The van der Waals surface area contributed by atoms with E-state index in [1.54, 1.807) is 24.3 Å². The number of hydrogen-bond acceptors (Lipinski definition) is 5. The van der Waals surface area contributed by atoms with Crippen LogP contribution in [0, 0.1) is 11.8 Å². The Morgan fingerprint density at radius 2 is 1.59 bits per heavy atom. The first-order chi connectivity index (χ1) is 15.5. The summed E-state index contributed by atoms with van der Waals surface area (Å²) in [5.74, 6) is 1.94. The van der Waals surface area contributed by atoms with Crippen LogP contribution in [0.15, 0.2) is 54.6 Å². The minimum Gasteiger partial charge on any atom is -0.494 e. The Morgan fingerprint density at radius 1 is 0.906 bits per heavy atom. The molecule has 0 bridgehead atoms. The molecule has 2 N–H and O–H groups in total. The Balaban J connectivity index is 1.28. The first-order valence-electron chi connectivity index (χ1n) is 11.2. The van der Waals surface area contributed by atoms with Gasteiger partial charge < -0.3 is 14.4 Å². The van der Waals surface area contributed by atoms with Crippen LogP contribution in [-0.2, 0) is 4.79 Å². The molecule has 1 aliphatic carbocycles. The number of rotatable bonds is 12. The lowest BCUT2D eigenvalue weighted by Crippen LogP contribution is -2.41. The predicted octanol–water partition coefficient (Wildman–Crippen LogP) is 3.27. The summed E-state index contributed by atoms with van der Waals surface area (Å²) in [6.45, 7) is 2.24. The summed E-state index contributed by atoms with van der Waals surface area (Å²) in [7, 11) is 4.05. The Kier molecular flexibility index (Phi) is 8.92. The van der Waals surface area contributed by atoms with E-state index in [1.165, 1.54) is 0 Å². The van der Waals surface area contributed by atoms with Gasteiger partial charge in [-0.05, 0) is 81.6 Å². The normalized spacial score (nSPS) is 17.0. The van der Waals surface area contributed by atoms with E-state index in [0.717, 1.165) is 37.3 Å². The van der Waals surface area contributed by atoms with E-state index < -0.39 is 0 Å². The number of hydrogen-bond donors (Lipinski definition) is 2. The van der Waals surface area contributed by atoms with E-state index in [-0.39, 0.29) is 11.8 Å². The molecule has 2 atom stereocenters. The summed E-state index contributed by atoms with van der Waals surface area (Å²) in [6.07, 6.45) is 3.30. The second-order valence-corrected chi connectivity index (χ2v) is 8.44. The van der Waals surface area contributed by atoms with Crippen molar-refractivity contribution in [3.8, 4) is 11.5 Å². The molecule has 2 aromatic rings. The summed E-state index contributed by atoms with van der Waals surface area (Å²) in [4.78, 5) is 26.5. The molecule has 1 aliphatic rings. The maximum Gasteiger partial charge on any atom is 0.269 e. The molecule has 0 heterocycles. The van der Waals surface area contributed by atoms with Crippen molar-refractivity contribution in [2.45, 2.75) is 25.7 Å². The molecule has 0 aliphatic heterocycles. The molecular formula is C25H33N3O4. The quantitative estimate of drug-likeness (QED) is 0.392. The van der Waals surface area contributed by atoms with E-state index in [9.17, 15) is 9.59 Å². The molecule has 3 rings (SSSR count). The van der Waals surface area contributed by atoms with Gasteiger partial charge in [-0.1, -0.05) is 18.2 Å². The van der Waals surface area contributed by atoms with Gasteiger partial charge in [-0.2, -0.15) is 0 Å². The second kappa shape index (κ2) is 12.1. The lowest BCUT2D eigenvalue weighted by Gasteiger charge is -2.11. The molecular weight excluding hydrogens is 406 g/mol. The van der Waals surface area contributed by atoms with Crippen LogP contribution < -0.4 is 20.3 Å². The highest BCUT2D eigenvalue weighted by molar-refractivity contribution is 5.95. The third-order valence-electron chi connectivity index (χ3n) is 5.47. The van der Waals surface area contributed by atoms with Crippen molar-refractivity contribution in [3.05, 3.63) is 60.2 Å². The van der Waals surface area contributed by atoms with Crippen LogP contribution in [0.1, 0.15) is 36.0 Å². The van der Waals surface area contributed by atoms with Crippen LogP contribution in [0.4, 0.5) is 0 Å². The standard InChI is InChI=1S/C25H33N3O4/c1-28(2)14-6-15-31-23-11-9-19(10-12-23)25(30)27-26-24(29)18-21-17-20(21)13-16-32-22-7-4-3-5-8-22/h3-5,7-12,20-21H,6,13-18H2,1-2H3,(H,26,29)(H,27,30)/t20-,21+/m1/s1. The summed E-state index contributed by atoms with van der Waals surface area (Å²) in [6, 6.07) is 16.6. The van der Waals surface area contributed by atoms with E-state index in [4.69, 9.17) is 9.47 Å². The van der Waals surface area contributed by atoms with Gasteiger partial charge in [-0.15, -0.1) is 0 Å². The fraction of sp³-hybridized carbons (Fsp3) is 0.440. The molecule has 172 valence electrons. The second-order valence-electron chi connectivity index (χ2n) is 8.44. The third-order valence-corrected chi connectivity index (χ3v) is 5.47. The lowest BCUT2D eigenvalue weighted by molar-refractivity contribution is -0.122. The molecule has 7 heteroatoms. The van der Waals surface area contributed by atoms with Crippen LogP contribution in [0.25, 0.3) is 0 Å². The number of nitrogens with one attached hydrogen (secondary N) is 2.